The van der Waals surface area contributed by atoms with Crippen LogP contribution in [0.5, 0.6) is 0 Å². The number of nitrogens with zero attached hydrogens (tertiary/aromatic N) is 2. The highest BCUT2D eigenvalue weighted by Gasteiger charge is 2.17. The standard InChI is InChI=1S/C11H10FN3O/c12-9-6-14-5-3-7(9)10(16)8-2-1-4-15-11(8)13/h1-6,10,16H,(H2,13,15). The first-order valence-electron chi connectivity index (χ1n) is 4.68. The molecule has 1 atom stereocenters. The molecule has 0 saturated carbocycles. The highest BCUT2D eigenvalue weighted by Crippen LogP contribution is 2.26. The van der Waals surface area contributed by atoms with Gasteiger partial charge in [-0.2, -0.15) is 0 Å². The molecule has 0 amide bonds. The van der Waals surface area contributed by atoms with Crippen molar-refractivity contribution in [2.45, 2.75) is 6.10 Å². The second-order valence-corrected chi connectivity index (χ2v) is 3.28. The number of halogens is 1. The summed E-state index contributed by atoms with van der Waals surface area (Å²) in [5.41, 5.74) is 6.12. The van der Waals surface area contributed by atoms with Crippen molar-refractivity contribution in [3.05, 3.63) is 53.7 Å². The fourth-order valence-corrected chi connectivity index (χ4v) is 1.44. The van der Waals surface area contributed by atoms with Gasteiger partial charge in [-0.25, -0.2) is 9.37 Å². The third kappa shape index (κ3) is 1.85. The zero-order chi connectivity index (χ0) is 11.5. The Morgan fingerprint density at radius 3 is 2.75 bits per heavy atom. The topological polar surface area (TPSA) is 72.0 Å². The summed E-state index contributed by atoms with van der Waals surface area (Å²) < 4.78 is 13.4. The van der Waals surface area contributed by atoms with Crippen molar-refractivity contribution in [3.8, 4) is 0 Å². The lowest BCUT2D eigenvalue weighted by molar-refractivity contribution is 0.215. The molecule has 5 heteroatoms. The minimum atomic E-state index is -1.13. The second kappa shape index (κ2) is 4.24. The summed E-state index contributed by atoms with van der Waals surface area (Å²) in [5, 5.41) is 9.97. The lowest BCUT2D eigenvalue weighted by atomic mass is 10.0. The number of aromatic nitrogens is 2. The first kappa shape index (κ1) is 10.5. The van der Waals surface area contributed by atoms with Gasteiger partial charge in [0.15, 0.2) is 0 Å². The van der Waals surface area contributed by atoms with Crippen LogP contribution in [0.3, 0.4) is 0 Å². The van der Waals surface area contributed by atoms with E-state index in [9.17, 15) is 9.50 Å². The zero-order valence-corrected chi connectivity index (χ0v) is 8.34. The van der Waals surface area contributed by atoms with Gasteiger partial charge >= 0.3 is 0 Å². The van der Waals surface area contributed by atoms with E-state index in [1.165, 1.54) is 18.5 Å². The molecule has 16 heavy (non-hydrogen) atoms. The number of hydrogen-bond donors (Lipinski definition) is 2. The monoisotopic (exact) mass is 219 g/mol. The van der Waals surface area contributed by atoms with E-state index >= 15 is 0 Å². The lowest BCUT2D eigenvalue weighted by Gasteiger charge is -2.13. The minimum Gasteiger partial charge on any atom is -0.383 e. The van der Waals surface area contributed by atoms with Gasteiger partial charge in [0.05, 0.1) is 6.20 Å². The Morgan fingerprint density at radius 1 is 1.25 bits per heavy atom. The molecule has 0 aliphatic rings. The van der Waals surface area contributed by atoms with Crippen LogP contribution < -0.4 is 5.73 Å². The molecule has 1 unspecified atom stereocenters. The predicted octanol–water partition coefficient (Wildman–Crippen LogP) is 1.28. The molecular formula is C11H10FN3O. The predicted molar refractivity (Wildman–Crippen MR) is 56.9 cm³/mol. The van der Waals surface area contributed by atoms with Crippen LogP contribution in [0.4, 0.5) is 10.2 Å². The maximum absolute atomic E-state index is 13.4. The van der Waals surface area contributed by atoms with E-state index in [0.29, 0.717) is 5.56 Å². The fraction of sp³-hybridized carbons (Fsp3) is 0.0909. The molecule has 0 spiro atoms. The van der Waals surface area contributed by atoms with E-state index in [1.807, 2.05) is 0 Å². The highest BCUT2D eigenvalue weighted by molar-refractivity contribution is 5.44. The smallest absolute Gasteiger partial charge is 0.147 e. The maximum Gasteiger partial charge on any atom is 0.147 e. The molecule has 2 aromatic rings. The summed E-state index contributed by atoms with van der Waals surface area (Å²) in [6, 6.07) is 4.65. The summed E-state index contributed by atoms with van der Waals surface area (Å²) in [6.45, 7) is 0. The number of rotatable bonds is 2. The SMILES string of the molecule is Nc1ncccc1C(O)c1ccncc1F. The van der Waals surface area contributed by atoms with Crippen molar-refractivity contribution >= 4 is 5.82 Å². The molecule has 0 fully saturated rings. The van der Waals surface area contributed by atoms with E-state index in [0.717, 1.165) is 6.20 Å². The Labute approximate surface area is 91.6 Å². The van der Waals surface area contributed by atoms with Crippen LogP contribution in [-0.2, 0) is 0 Å². The Balaban J connectivity index is 2.44. The number of nitrogen functional groups attached to an aromatic ring is 1. The summed E-state index contributed by atoms with van der Waals surface area (Å²) in [6.07, 6.45) is 2.84. The Morgan fingerprint density at radius 2 is 2.06 bits per heavy atom. The van der Waals surface area contributed by atoms with E-state index in [-0.39, 0.29) is 11.4 Å². The van der Waals surface area contributed by atoms with Gasteiger partial charge in [-0.3, -0.25) is 4.98 Å². The van der Waals surface area contributed by atoms with Gasteiger partial charge in [0, 0.05) is 23.5 Å². The van der Waals surface area contributed by atoms with Crippen molar-refractivity contribution in [3.63, 3.8) is 0 Å². The third-order valence-corrected chi connectivity index (χ3v) is 2.26. The molecule has 0 aromatic carbocycles. The van der Waals surface area contributed by atoms with Crippen LogP contribution in [0.25, 0.3) is 0 Å². The van der Waals surface area contributed by atoms with Crippen LogP contribution in [0.1, 0.15) is 17.2 Å². The van der Waals surface area contributed by atoms with Crippen LogP contribution in [0, 0.1) is 5.82 Å². The molecule has 0 radical (unpaired) electrons. The second-order valence-electron chi connectivity index (χ2n) is 3.28. The van der Waals surface area contributed by atoms with E-state index in [2.05, 4.69) is 9.97 Å². The Kier molecular flexibility index (Phi) is 2.78. The molecule has 3 N–H and O–H groups in total. The Bertz CT molecular complexity index is 459. The molecule has 4 nitrogen and oxygen atoms in total. The van der Waals surface area contributed by atoms with Gasteiger partial charge < -0.3 is 10.8 Å². The first-order valence-corrected chi connectivity index (χ1v) is 4.68. The van der Waals surface area contributed by atoms with Crippen LogP contribution in [-0.4, -0.2) is 15.1 Å². The lowest BCUT2D eigenvalue weighted by Crippen LogP contribution is -2.07. The average molecular weight is 219 g/mol. The number of nitrogens with two attached hydrogens (primary N) is 1. The number of aliphatic hydroxyl groups is 1. The molecule has 0 saturated heterocycles. The molecule has 0 bridgehead atoms. The van der Waals surface area contributed by atoms with Gasteiger partial charge in [0.1, 0.15) is 17.7 Å². The zero-order valence-electron chi connectivity index (χ0n) is 8.34. The van der Waals surface area contributed by atoms with Gasteiger partial charge in [0.2, 0.25) is 0 Å². The summed E-state index contributed by atoms with van der Waals surface area (Å²) in [4.78, 5) is 7.45. The maximum atomic E-state index is 13.4. The van der Waals surface area contributed by atoms with Gasteiger partial charge in [-0.15, -0.1) is 0 Å². The van der Waals surface area contributed by atoms with Crippen molar-refractivity contribution in [1.82, 2.24) is 9.97 Å². The quantitative estimate of drug-likeness (QED) is 0.798. The van der Waals surface area contributed by atoms with E-state index in [1.54, 1.807) is 12.1 Å². The van der Waals surface area contributed by atoms with Gasteiger partial charge in [0.25, 0.3) is 0 Å². The number of aliphatic hydroxyl groups excluding tert-OH is 1. The number of anilines is 1. The fourth-order valence-electron chi connectivity index (χ4n) is 1.44. The Hall–Kier alpha value is -2.01. The number of pyridine rings is 2. The first-order chi connectivity index (χ1) is 7.70. The summed E-state index contributed by atoms with van der Waals surface area (Å²) in [7, 11) is 0. The van der Waals surface area contributed by atoms with E-state index < -0.39 is 11.9 Å². The summed E-state index contributed by atoms with van der Waals surface area (Å²) >= 11 is 0. The molecule has 2 aromatic heterocycles. The van der Waals surface area contributed by atoms with Crippen LogP contribution >= 0.6 is 0 Å². The molecule has 82 valence electrons. The normalized spacial score (nSPS) is 12.4. The highest BCUT2D eigenvalue weighted by atomic mass is 19.1. The van der Waals surface area contributed by atoms with Crippen LogP contribution in [0.2, 0.25) is 0 Å². The van der Waals surface area contributed by atoms with Gasteiger partial charge in [-0.05, 0) is 12.1 Å². The van der Waals surface area contributed by atoms with Crippen molar-refractivity contribution < 1.29 is 9.50 Å². The van der Waals surface area contributed by atoms with Crippen molar-refractivity contribution in [1.29, 1.82) is 0 Å². The summed E-state index contributed by atoms with van der Waals surface area (Å²) in [5.74, 6) is -0.385. The average Bonchev–Trinajstić information content (AvgIpc) is 2.29. The van der Waals surface area contributed by atoms with Crippen LogP contribution in [0.15, 0.2) is 36.8 Å². The minimum absolute atomic E-state index is 0.134. The molecule has 2 heterocycles. The number of hydrogen-bond acceptors (Lipinski definition) is 4. The molecule has 0 aliphatic heterocycles. The third-order valence-electron chi connectivity index (χ3n) is 2.26. The van der Waals surface area contributed by atoms with Gasteiger partial charge in [-0.1, -0.05) is 6.07 Å². The molecule has 0 aliphatic carbocycles. The van der Waals surface area contributed by atoms with Crippen molar-refractivity contribution in [2.24, 2.45) is 0 Å². The largest absolute Gasteiger partial charge is 0.383 e. The van der Waals surface area contributed by atoms with E-state index in [4.69, 9.17) is 5.73 Å². The molecule has 2 rings (SSSR count). The molecular weight excluding hydrogens is 209 g/mol. The van der Waals surface area contributed by atoms with Crippen molar-refractivity contribution in [2.75, 3.05) is 5.73 Å².